The first-order valence-corrected chi connectivity index (χ1v) is 8.10. The molecule has 1 aromatic rings. The molecule has 8 heteroatoms. The van der Waals surface area contributed by atoms with Crippen LogP contribution in [-0.2, 0) is 9.84 Å². The van der Waals surface area contributed by atoms with Crippen molar-refractivity contribution in [3.05, 3.63) is 16.0 Å². The van der Waals surface area contributed by atoms with Crippen LogP contribution in [0.3, 0.4) is 0 Å². The molecule has 94 valence electrons. The number of halogens is 2. The zero-order valence-corrected chi connectivity index (χ0v) is 12.0. The summed E-state index contributed by atoms with van der Waals surface area (Å²) in [6, 6.07) is 0.112. The van der Waals surface area contributed by atoms with E-state index in [-0.39, 0.29) is 22.8 Å². The fraction of sp³-hybridized carbons (Fsp3) is 0.556. The van der Waals surface area contributed by atoms with Crippen molar-refractivity contribution in [3.8, 4) is 0 Å². The first-order valence-electron chi connectivity index (χ1n) is 5.11. The molecule has 0 aromatic carbocycles. The van der Waals surface area contributed by atoms with Crippen LogP contribution >= 0.6 is 27.5 Å². The average molecular weight is 341 g/mol. The summed E-state index contributed by atoms with van der Waals surface area (Å²) in [5.41, 5.74) is 0. The van der Waals surface area contributed by atoms with Crippen LogP contribution in [0.2, 0.25) is 5.28 Å². The summed E-state index contributed by atoms with van der Waals surface area (Å²) in [6.07, 6.45) is 2.75. The number of anilines is 1. The molecule has 1 N–H and O–H groups in total. The number of hydrogen-bond donors (Lipinski definition) is 1. The predicted octanol–water partition coefficient (Wildman–Crippen LogP) is 1.88. The quantitative estimate of drug-likeness (QED) is 0.832. The van der Waals surface area contributed by atoms with E-state index in [1.807, 2.05) is 0 Å². The Kier molecular flexibility index (Phi) is 3.89. The van der Waals surface area contributed by atoms with Gasteiger partial charge in [-0.25, -0.2) is 13.4 Å². The van der Waals surface area contributed by atoms with Crippen LogP contribution in [-0.4, -0.2) is 35.9 Å². The molecule has 1 saturated heterocycles. The Bertz CT molecular complexity index is 509. The van der Waals surface area contributed by atoms with Gasteiger partial charge in [0.05, 0.1) is 16.0 Å². The second-order valence-electron chi connectivity index (χ2n) is 3.91. The number of nitrogens with zero attached hydrogens (tertiary/aromatic N) is 2. The maximum absolute atomic E-state index is 11.3. The first-order chi connectivity index (χ1) is 7.96. The molecule has 0 unspecified atom stereocenters. The van der Waals surface area contributed by atoms with Gasteiger partial charge in [0, 0.05) is 12.2 Å². The number of hydrogen-bond acceptors (Lipinski definition) is 5. The molecule has 17 heavy (non-hydrogen) atoms. The maximum atomic E-state index is 11.3. The maximum Gasteiger partial charge on any atom is 0.224 e. The van der Waals surface area contributed by atoms with E-state index >= 15 is 0 Å². The summed E-state index contributed by atoms with van der Waals surface area (Å²) in [4.78, 5) is 7.88. The van der Waals surface area contributed by atoms with Crippen molar-refractivity contribution in [2.75, 3.05) is 16.8 Å². The smallest absolute Gasteiger partial charge is 0.224 e. The molecule has 1 aliphatic rings. The Morgan fingerprint density at radius 3 is 2.71 bits per heavy atom. The average Bonchev–Trinajstić information content (AvgIpc) is 2.26. The molecule has 0 amide bonds. The zero-order valence-electron chi connectivity index (χ0n) is 8.86. The second-order valence-corrected chi connectivity index (χ2v) is 7.40. The Hall–Kier alpha value is -0.400. The van der Waals surface area contributed by atoms with E-state index < -0.39 is 9.84 Å². The number of aromatic nitrogens is 2. The monoisotopic (exact) mass is 339 g/mol. The Labute approximate surface area is 113 Å². The third-order valence-electron chi connectivity index (χ3n) is 2.61. The van der Waals surface area contributed by atoms with Gasteiger partial charge in [-0.1, -0.05) is 0 Å². The lowest BCUT2D eigenvalue weighted by Gasteiger charge is -2.23. The Morgan fingerprint density at radius 2 is 2.06 bits per heavy atom. The topological polar surface area (TPSA) is 72.0 Å². The molecule has 1 aliphatic heterocycles. The highest BCUT2D eigenvalue weighted by molar-refractivity contribution is 9.10. The van der Waals surface area contributed by atoms with Gasteiger partial charge in [-0.05, 0) is 40.4 Å². The fourth-order valence-corrected chi connectivity index (χ4v) is 3.60. The van der Waals surface area contributed by atoms with Crippen molar-refractivity contribution in [2.24, 2.45) is 0 Å². The van der Waals surface area contributed by atoms with Crippen LogP contribution in [0.1, 0.15) is 12.8 Å². The number of sulfone groups is 1. The molecule has 1 fully saturated rings. The lowest BCUT2D eigenvalue weighted by atomic mass is 10.1. The zero-order chi connectivity index (χ0) is 12.5. The van der Waals surface area contributed by atoms with Gasteiger partial charge < -0.3 is 5.32 Å². The summed E-state index contributed by atoms with van der Waals surface area (Å²) < 4.78 is 23.3. The van der Waals surface area contributed by atoms with Gasteiger partial charge in [0.2, 0.25) is 5.28 Å². The lowest BCUT2D eigenvalue weighted by Crippen LogP contribution is -2.32. The Balaban J connectivity index is 2.05. The largest absolute Gasteiger partial charge is 0.366 e. The molecule has 0 spiro atoms. The van der Waals surface area contributed by atoms with Gasteiger partial charge in [-0.3, -0.25) is 0 Å². The van der Waals surface area contributed by atoms with Crippen LogP contribution in [0.4, 0.5) is 5.82 Å². The molecular formula is C9H11BrClN3O2S. The van der Waals surface area contributed by atoms with E-state index in [9.17, 15) is 8.42 Å². The third kappa shape index (κ3) is 3.53. The minimum atomic E-state index is -2.84. The van der Waals surface area contributed by atoms with E-state index in [1.54, 1.807) is 6.20 Å². The molecule has 0 aliphatic carbocycles. The molecular weight excluding hydrogens is 330 g/mol. The van der Waals surface area contributed by atoms with Crippen molar-refractivity contribution in [2.45, 2.75) is 18.9 Å². The van der Waals surface area contributed by atoms with Crippen molar-refractivity contribution in [3.63, 3.8) is 0 Å². The van der Waals surface area contributed by atoms with Crippen molar-refractivity contribution in [1.29, 1.82) is 0 Å². The highest BCUT2D eigenvalue weighted by atomic mass is 79.9. The van der Waals surface area contributed by atoms with Crippen molar-refractivity contribution < 1.29 is 8.42 Å². The molecule has 0 radical (unpaired) electrons. The van der Waals surface area contributed by atoms with Gasteiger partial charge in [0.15, 0.2) is 0 Å². The minimum Gasteiger partial charge on any atom is -0.366 e. The molecule has 0 bridgehead atoms. The van der Waals surface area contributed by atoms with Crippen LogP contribution < -0.4 is 5.32 Å². The van der Waals surface area contributed by atoms with Crippen LogP contribution in [0, 0.1) is 0 Å². The van der Waals surface area contributed by atoms with E-state index in [1.165, 1.54) is 0 Å². The molecule has 2 heterocycles. The summed E-state index contributed by atoms with van der Waals surface area (Å²) in [5.74, 6) is 1.05. The number of nitrogens with one attached hydrogen (secondary N) is 1. The highest BCUT2D eigenvalue weighted by Gasteiger charge is 2.24. The fourth-order valence-electron chi connectivity index (χ4n) is 1.67. The summed E-state index contributed by atoms with van der Waals surface area (Å²) in [5, 5.41) is 3.35. The summed E-state index contributed by atoms with van der Waals surface area (Å²) >= 11 is 9.02. The lowest BCUT2D eigenvalue weighted by molar-refractivity contribution is 0.559. The van der Waals surface area contributed by atoms with E-state index in [0.29, 0.717) is 18.7 Å². The van der Waals surface area contributed by atoms with Gasteiger partial charge in [0.25, 0.3) is 0 Å². The molecule has 1 aromatic heterocycles. The van der Waals surface area contributed by atoms with E-state index in [0.717, 1.165) is 4.47 Å². The first kappa shape index (κ1) is 13.0. The van der Waals surface area contributed by atoms with Crippen molar-refractivity contribution >= 4 is 43.2 Å². The van der Waals surface area contributed by atoms with Gasteiger partial charge in [-0.2, -0.15) is 4.98 Å². The SMILES string of the molecule is O=S1(=O)CCC(Nc2nc(Cl)ncc2Br)CC1. The van der Waals surface area contributed by atoms with Gasteiger partial charge in [0.1, 0.15) is 15.7 Å². The predicted molar refractivity (Wildman–Crippen MR) is 70.0 cm³/mol. The molecule has 5 nitrogen and oxygen atoms in total. The molecule has 0 atom stereocenters. The van der Waals surface area contributed by atoms with Gasteiger partial charge >= 0.3 is 0 Å². The second kappa shape index (κ2) is 5.07. The summed E-state index contributed by atoms with van der Waals surface area (Å²) in [6.45, 7) is 0. The normalized spacial score (nSPS) is 20.1. The van der Waals surface area contributed by atoms with E-state index in [4.69, 9.17) is 11.6 Å². The van der Waals surface area contributed by atoms with E-state index in [2.05, 4.69) is 31.2 Å². The minimum absolute atomic E-state index is 0.112. The molecule has 0 saturated carbocycles. The standard InChI is InChI=1S/C9H11BrClN3O2S/c10-7-5-12-9(11)14-8(7)13-6-1-3-17(15,16)4-2-6/h5-6H,1-4H2,(H,12,13,14). The molecule has 2 rings (SSSR count). The summed E-state index contributed by atoms with van der Waals surface area (Å²) in [7, 11) is -2.84. The Morgan fingerprint density at radius 1 is 1.41 bits per heavy atom. The van der Waals surface area contributed by atoms with Gasteiger partial charge in [-0.15, -0.1) is 0 Å². The number of rotatable bonds is 2. The van der Waals surface area contributed by atoms with Crippen LogP contribution in [0.25, 0.3) is 0 Å². The highest BCUT2D eigenvalue weighted by Crippen LogP contribution is 2.23. The van der Waals surface area contributed by atoms with Crippen molar-refractivity contribution in [1.82, 2.24) is 9.97 Å². The van der Waals surface area contributed by atoms with Crippen LogP contribution in [0.15, 0.2) is 10.7 Å². The van der Waals surface area contributed by atoms with Crippen LogP contribution in [0.5, 0.6) is 0 Å². The third-order valence-corrected chi connectivity index (χ3v) is 5.09.